The predicted octanol–water partition coefficient (Wildman–Crippen LogP) is 1.55. The summed E-state index contributed by atoms with van der Waals surface area (Å²) in [5.41, 5.74) is 2.85. The summed E-state index contributed by atoms with van der Waals surface area (Å²) in [7, 11) is 2.03. The molecule has 1 aromatic heterocycles. The van der Waals surface area contributed by atoms with Crippen LogP contribution in [-0.4, -0.2) is 92.4 Å². The van der Waals surface area contributed by atoms with Crippen LogP contribution in [0.1, 0.15) is 50.7 Å². The minimum Gasteiger partial charge on any atom is -0.361 e. The second kappa shape index (κ2) is 8.39. The Morgan fingerprint density at radius 3 is 2.87 bits per heavy atom. The second-order valence-corrected chi connectivity index (χ2v) is 11.6. The van der Waals surface area contributed by atoms with Gasteiger partial charge in [0.1, 0.15) is 12.1 Å². The van der Waals surface area contributed by atoms with Crippen molar-refractivity contribution in [3.05, 3.63) is 41.6 Å². The molecule has 3 amide bonds. The van der Waals surface area contributed by atoms with E-state index in [9.17, 15) is 19.5 Å². The standard InChI is InChI=1S/C29H35N5O5/c1-4-21-26(36)33-11-7-10-23(33)29(38)34(21)27(37)28(5-2,39-29)31-25(35)17-12-19-18-8-6-9-20-24(18)16(14-30-20)13-22(19)32(3)15-17/h6,8-9,12,14,17,21-23,30,38H,4-5,7,10-11,13,15H2,1-3H3,(H,31,35)/t17-,21+,22-,23+,28-,29+/m1/s1. The van der Waals surface area contributed by atoms with Crippen molar-refractivity contribution in [3.63, 3.8) is 0 Å². The number of ether oxygens (including phenoxy) is 1. The number of aromatic nitrogens is 1. The maximum atomic E-state index is 14.0. The molecule has 2 aromatic rings. The Morgan fingerprint density at radius 1 is 1.28 bits per heavy atom. The number of nitrogens with one attached hydrogen (secondary N) is 2. The van der Waals surface area contributed by atoms with E-state index in [1.54, 1.807) is 11.8 Å². The summed E-state index contributed by atoms with van der Waals surface area (Å²) in [5.74, 6) is -3.54. The maximum absolute atomic E-state index is 14.0. The van der Waals surface area contributed by atoms with E-state index >= 15 is 0 Å². The first-order valence-electron chi connectivity index (χ1n) is 14.1. The second-order valence-electron chi connectivity index (χ2n) is 11.6. The lowest BCUT2D eigenvalue weighted by Gasteiger charge is -2.48. The van der Waals surface area contributed by atoms with Gasteiger partial charge in [-0.25, -0.2) is 0 Å². The average molecular weight is 534 g/mol. The third-order valence-electron chi connectivity index (χ3n) is 9.62. The Morgan fingerprint density at radius 2 is 2.10 bits per heavy atom. The van der Waals surface area contributed by atoms with Crippen molar-refractivity contribution in [1.29, 1.82) is 0 Å². The molecular weight excluding hydrogens is 498 g/mol. The van der Waals surface area contributed by atoms with Gasteiger partial charge in [0, 0.05) is 42.7 Å². The summed E-state index contributed by atoms with van der Waals surface area (Å²) in [6.45, 7) is 4.59. The third-order valence-corrected chi connectivity index (χ3v) is 9.62. The fourth-order valence-corrected chi connectivity index (χ4v) is 7.66. The number of likely N-dealkylation sites (N-methyl/N-ethyl adjacent to an activating group) is 1. The molecule has 6 atom stereocenters. The summed E-state index contributed by atoms with van der Waals surface area (Å²) < 4.78 is 6.24. The van der Waals surface area contributed by atoms with E-state index in [4.69, 9.17) is 4.74 Å². The van der Waals surface area contributed by atoms with Crippen LogP contribution in [0.4, 0.5) is 0 Å². The molecule has 10 heteroatoms. The van der Waals surface area contributed by atoms with Crippen LogP contribution < -0.4 is 5.32 Å². The van der Waals surface area contributed by atoms with Crippen molar-refractivity contribution in [2.45, 2.75) is 75.7 Å². The van der Waals surface area contributed by atoms with E-state index < -0.39 is 35.5 Å². The maximum Gasteiger partial charge on any atom is 0.280 e. The van der Waals surface area contributed by atoms with Crippen LogP contribution in [0.3, 0.4) is 0 Å². The molecule has 1 aliphatic carbocycles. The summed E-state index contributed by atoms with van der Waals surface area (Å²) in [4.78, 5) is 49.5. The van der Waals surface area contributed by atoms with Crippen LogP contribution in [0, 0.1) is 5.92 Å². The largest absolute Gasteiger partial charge is 0.361 e. The van der Waals surface area contributed by atoms with Gasteiger partial charge < -0.3 is 20.3 Å². The highest BCUT2D eigenvalue weighted by atomic mass is 16.7. The van der Waals surface area contributed by atoms with E-state index in [2.05, 4.69) is 33.5 Å². The molecular formula is C29H35N5O5. The number of H-pyrrole nitrogens is 1. The van der Waals surface area contributed by atoms with Crippen molar-refractivity contribution in [2.24, 2.45) is 5.92 Å². The zero-order valence-corrected chi connectivity index (χ0v) is 22.6. The Hall–Kier alpha value is -3.21. The van der Waals surface area contributed by atoms with Crippen molar-refractivity contribution in [1.82, 2.24) is 25.0 Å². The molecule has 0 unspecified atom stereocenters. The number of hydrogen-bond acceptors (Lipinski definition) is 6. The summed E-state index contributed by atoms with van der Waals surface area (Å²) >= 11 is 0. The lowest BCUT2D eigenvalue weighted by atomic mass is 9.79. The number of fused-ring (bicyclic) bond motifs is 5. The van der Waals surface area contributed by atoms with Gasteiger partial charge in [-0.2, -0.15) is 0 Å². The van der Waals surface area contributed by atoms with Crippen LogP contribution in [0.25, 0.3) is 16.5 Å². The van der Waals surface area contributed by atoms with Crippen LogP contribution in [0.2, 0.25) is 0 Å². The molecule has 39 heavy (non-hydrogen) atoms. The zero-order chi connectivity index (χ0) is 27.3. The SMILES string of the molecule is CC[C@H]1C(=O)N2CCC[C@H]2[C@]2(O)O[C@@](CC)(NC(=O)[C@@H]3C=C4c5cccc6[nH]cc(c56)C[C@H]4N(C)C3)C(=O)N12. The molecule has 0 saturated carbocycles. The van der Waals surface area contributed by atoms with Crippen molar-refractivity contribution >= 4 is 34.2 Å². The van der Waals surface area contributed by atoms with Crippen LogP contribution in [0.5, 0.6) is 0 Å². The number of nitrogens with zero attached hydrogens (tertiary/aromatic N) is 3. The summed E-state index contributed by atoms with van der Waals surface area (Å²) in [5, 5.41) is 15.9. The van der Waals surface area contributed by atoms with Crippen LogP contribution in [0.15, 0.2) is 30.5 Å². The number of aromatic amines is 1. The number of piperazine rings is 1. The van der Waals surface area contributed by atoms with Crippen molar-refractivity contribution in [2.75, 3.05) is 20.1 Å². The fraction of sp³-hybridized carbons (Fsp3) is 0.552. The topological polar surface area (TPSA) is 118 Å². The van der Waals surface area contributed by atoms with Gasteiger partial charge in [-0.15, -0.1) is 0 Å². The number of rotatable bonds is 4. The van der Waals surface area contributed by atoms with Gasteiger partial charge in [-0.05, 0) is 55.5 Å². The third kappa shape index (κ3) is 3.22. The monoisotopic (exact) mass is 533 g/mol. The lowest BCUT2D eigenvalue weighted by molar-refractivity contribution is -0.317. The van der Waals surface area contributed by atoms with E-state index in [1.807, 2.05) is 26.1 Å². The first-order chi connectivity index (χ1) is 18.7. The van der Waals surface area contributed by atoms with Crippen LogP contribution in [-0.2, 0) is 25.5 Å². The molecule has 10 nitrogen and oxygen atoms in total. The molecule has 7 rings (SSSR count). The molecule has 4 aliphatic heterocycles. The summed E-state index contributed by atoms with van der Waals surface area (Å²) in [6, 6.07) is 4.87. The fourth-order valence-electron chi connectivity index (χ4n) is 7.66. The molecule has 5 heterocycles. The highest BCUT2D eigenvalue weighted by molar-refractivity contribution is 6.01. The van der Waals surface area contributed by atoms with Crippen LogP contribution >= 0.6 is 0 Å². The van der Waals surface area contributed by atoms with Gasteiger partial charge in [0.05, 0.1) is 5.92 Å². The van der Waals surface area contributed by atoms with Gasteiger partial charge in [0.25, 0.3) is 11.8 Å². The highest BCUT2D eigenvalue weighted by Gasteiger charge is 2.70. The normalized spacial score (nSPS) is 35.6. The summed E-state index contributed by atoms with van der Waals surface area (Å²) in [6.07, 6.45) is 6.70. The van der Waals surface area contributed by atoms with Gasteiger partial charge in [-0.1, -0.05) is 32.1 Å². The molecule has 0 bridgehead atoms. The Kier molecular flexibility index (Phi) is 5.34. The molecule has 3 saturated heterocycles. The lowest BCUT2D eigenvalue weighted by Crippen LogP contribution is -2.71. The smallest absolute Gasteiger partial charge is 0.280 e. The zero-order valence-electron chi connectivity index (χ0n) is 22.6. The molecule has 1 aromatic carbocycles. The van der Waals surface area contributed by atoms with Gasteiger partial charge in [0.15, 0.2) is 0 Å². The quantitative estimate of drug-likeness (QED) is 0.549. The number of carbonyl (C=O) groups is 3. The first kappa shape index (κ1) is 24.8. The molecule has 206 valence electrons. The molecule has 5 aliphatic rings. The minimum atomic E-state index is -1.97. The molecule has 3 N–H and O–H groups in total. The van der Waals surface area contributed by atoms with E-state index in [-0.39, 0.29) is 24.3 Å². The van der Waals surface area contributed by atoms with Crippen molar-refractivity contribution in [3.8, 4) is 0 Å². The highest BCUT2D eigenvalue weighted by Crippen LogP contribution is 2.47. The minimum absolute atomic E-state index is 0.126. The molecule has 3 fully saturated rings. The van der Waals surface area contributed by atoms with E-state index in [1.165, 1.54) is 15.8 Å². The molecule has 0 radical (unpaired) electrons. The number of benzene rings is 1. The Balaban J connectivity index is 1.22. The Labute approximate surface area is 226 Å². The number of aliphatic hydroxyl groups is 1. The first-order valence-corrected chi connectivity index (χ1v) is 14.1. The number of hydrogen-bond donors (Lipinski definition) is 3. The van der Waals surface area contributed by atoms with Gasteiger partial charge in [0.2, 0.25) is 17.5 Å². The van der Waals surface area contributed by atoms with Crippen molar-refractivity contribution < 1.29 is 24.2 Å². The average Bonchev–Trinajstić information content (AvgIpc) is 3.64. The number of carbonyl (C=O) groups excluding carboxylic acids is 3. The van der Waals surface area contributed by atoms with E-state index in [0.29, 0.717) is 25.9 Å². The van der Waals surface area contributed by atoms with Gasteiger partial charge in [-0.3, -0.25) is 28.9 Å². The van der Waals surface area contributed by atoms with E-state index in [0.717, 1.165) is 29.5 Å². The van der Waals surface area contributed by atoms with Gasteiger partial charge >= 0.3 is 0 Å². The predicted molar refractivity (Wildman–Crippen MR) is 143 cm³/mol. The molecule has 0 spiro atoms. The number of amides is 3. The Bertz CT molecular complexity index is 1430.